The van der Waals surface area contributed by atoms with Gasteiger partial charge in [-0.1, -0.05) is 36.8 Å². The van der Waals surface area contributed by atoms with Crippen LogP contribution in [0.4, 0.5) is 0 Å². The van der Waals surface area contributed by atoms with Gasteiger partial charge in [0.25, 0.3) is 0 Å². The minimum Gasteiger partial charge on any atom is -0.367 e. The molecule has 56 valence electrons. The Morgan fingerprint density at radius 2 is 2.20 bits per heavy atom. The zero-order valence-corrected chi connectivity index (χ0v) is 7.43. The van der Waals surface area contributed by atoms with Crippen molar-refractivity contribution in [1.82, 2.24) is 5.32 Å². The summed E-state index contributed by atoms with van der Waals surface area (Å²) in [5, 5.41) is 4.16. The van der Waals surface area contributed by atoms with Crippen molar-refractivity contribution in [3.8, 4) is 0 Å². The first-order valence-electron chi connectivity index (χ1n) is 3.83. The van der Waals surface area contributed by atoms with Gasteiger partial charge in [0.1, 0.15) is 4.32 Å². The van der Waals surface area contributed by atoms with Crippen molar-refractivity contribution in [3.05, 3.63) is 0 Å². The van der Waals surface area contributed by atoms with E-state index in [0.29, 0.717) is 6.04 Å². The van der Waals surface area contributed by atoms with E-state index in [-0.39, 0.29) is 0 Å². The van der Waals surface area contributed by atoms with Crippen LogP contribution in [-0.4, -0.2) is 15.6 Å². The van der Waals surface area contributed by atoms with Crippen LogP contribution in [0, 0.1) is 0 Å². The molecular formula is C7H11NS2. The third kappa shape index (κ3) is 1.17. The van der Waals surface area contributed by atoms with E-state index in [4.69, 9.17) is 12.2 Å². The maximum Gasteiger partial charge on any atom is 0.134 e. The molecule has 0 aromatic heterocycles. The van der Waals surface area contributed by atoms with Crippen LogP contribution in [-0.2, 0) is 0 Å². The quantitative estimate of drug-likeness (QED) is 0.562. The van der Waals surface area contributed by atoms with Crippen molar-refractivity contribution in [1.29, 1.82) is 0 Å². The summed E-state index contributed by atoms with van der Waals surface area (Å²) in [6, 6.07) is 0.714. The lowest BCUT2D eigenvalue weighted by Gasteiger charge is -2.22. The lowest BCUT2D eigenvalue weighted by atomic mass is 9.95. The van der Waals surface area contributed by atoms with E-state index in [0.717, 1.165) is 9.57 Å². The molecule has 0 aromatic carbocycles. The molecule has 0 amide bonds. The van der Waals surface area contributed by atoms with Crippen LogP contribution in [0.2, 0.25) is 0 Å². The minimum absolute atomic E-state index is 0.714. The molecule has 1 saturated carbocycles. The third-order valence-corrected chi connectivity index (χ3v) is 3.87. The summed E-state index contributed by atoms with van der Waals surface area (Å²) >= 11 is 6.96. The molecule has 2 rings (SSSR count). The molecule has 2 atom stereocenters. The Bertz CT molecular complexity index is 142. The van der Waals surface area contributed by atoms with Gasteiger partial charge < -0.3 is 5.32 Å². The van der Waals surface area contributed by atoms with E-state index in [2.05, 4.69) is 5.32 Å². The van der Waals surface area contributed by atoms with Gasteiger partial charge in [0.05, 0.1) is 0 Å². The van der Waals surface area contributed by atoms with Gasteiger partial charge in [-0.25, -0.2) is 0 Å². The highest BCUT2D eigenvalue weighted by Crippen LogP contribution is 2.34. The van der Waals surface area contributed by atoms with Crippen molar-refractivity contribution in [3.63, 3.8) is 0 Å². The van der Waals surface area contributed by atoms with Crippen molar-refractivity contribution >= 4 is 28.3 Å². The average Bonchev–Trinajstić information content (AvgIpc) is 2.27. The molecule has 0 bridgehead atoms. The highest BCUT2D eigenvalue weighted by atomic mass is 32.2. The molecule has 1 saturated heterocycles. The van der Waals surface area contributed by atoms with Crippen LogP contribution in [0.5, 0.6) is 0 Å². The molecule has 2 unspecified atom stereocenters. The Labute approximate surface area is 70.9 Å². The molecule has 1 nitrogen and oxygen atoms in total. The molecule has 1 heterocycles. The summed E-state index contributed by atoms with van der Waals surface area (Å²) in [5.41, 5.74) is 0. The summed E-state index contributed by atoms with van der Waals surface area (Å²) in [5.74, 6) is 0. The fourth-order valence-corrected chi connectivity index (χ4v) is 3.40. The van der Waals surface area contributed by atoms with E-state index >= 15 is 0 Å². The zero-order chi connectivity index (χ0) is 6.97. The number of fused-ring (bicyclic) bond motifs is 1. The van der Waals surface area contributed by atoms with Crippen molar-refractivity contribution in [2.45, 2.75) is 37.0 Å². The second-order valence-electron chi connectivity index (χ2n) is 2.98. The normalized spacial score (nSPS) is 39.0. The molecule has 0 aromatic rings. The van der Waals surface area contributed by atoms with Crippen LogP contribution in [0.1, 0.15) is 25.7 Å². The van der Waals surface area contributed by atoms with Crippen LogP contribution < -0.4 is 5.32 Å². The summed E-state index contributed by atoms with van der Waals surface area (Å²) in [6.07, 6.45) is 5.48. The Morgan fingerprint density at radius 1 is 1.40 bits per heavy atom. The number of nitrogens with one attached hydrogen (secondary N) is 1. The monoisotopic (exact) mass is 173 g/mol. The molecule has 1 N–H and O–H groups in total. The first-order chi connectivity index (χ1) is 4.86. The van der Waals surface area contributed by atoms with E-state index in [1.165, 1.54) is 25.7 Å². The van der Waals surface area contributed by atoms with Crippen LogP contribution >= 0.6 is 24.0 Å². The number of thiocarbonyl (C=S) groups is 1. The van der Waals surface area contributed by atoms with Crippen LogP contribution in [0.25, 0.3) is 0 Å². The van der Waals surface area contributed by atoms with Crippen LogP contribution in [0.3, 0.4) is 0 Å². The highest BCUT2D eigenvalue weighted by Gasteiger charge is 2.32. The molecule has 2 aliphatic rings. The summed E-state index contributed by atoms with van der Waals surface area (Å²) in [6.45, 7) is 0. The first-order valence-corrected chi connectivity index (χ1v) is 5.12. The molecule has 10 heavy (non-hydrogen) atoms. The Balaban J connectivity index is 2.04. The maximum absolute atomic E-state index is 5.09. The molecule has 0 spiro atoms. The van der Waals surface area contributed by atoms with Crippen molar-refractivity contribution in [2.75, 3.05) is 0 Å². The SMILES string of the molecule is S=C1NC2CCCCC2S1. The van der Waals surface area contributed by atoms with E-state index in [1.54, 1.807) is 0 Å². The number of rotatable bonds is 0. The van der Waals surface area contributed by atoms with Gasteiger partial charge in [-0.15, -0.1) is 0 Å². The average molecular weight is 173 g/mol. The fourth-order valence-electron chi connectivity index (χ4n) is 1.73. The second kappa shape index (κ2) is 2.70. The van der Waals surface area contributed by atoms with Gasteiger partial charge in [-0.2, -0.15) is 0 Å². The number of hydrogen-bond donors (Lipinski definition) is 1. The summed E-state index contributed by atoms with van der Waals surface area (Å²) in [4.78, 5) is 0. The number of thioether (sulfide) groups is 1. The van der Waals surface area contributed by atoms with E-state index in [9.17, 15) is 0 Å². The highest BCUT2D eigenvalue weighted by molar-refractivity contribution is 8.23. The predicted octanol–water partition coefficient (Wildman–Crippen LogP) is 1.92. The summed E-state index contributed by atoms with van der Waals surface area (Å²) < 4.78 is 1.02. The topological polar surface area (TPSA) is 12.0 Å². The molecule has 0 radical (unpaired) electrons. The number of hydrogen-bond acceptors (Lipinski definition) is 2. The zero-order valence-electron chi connectivity index (χ0n) is 5.80. The first kappa shape index (κ1) is 6.92. The van der Waals surface area contributed by atoms with Gasteiger partial charge in [0.15, 0.2) is 0 Å². The van der Waals surface area contributed by atoms with E-state index in [1.807, 2.05) is 11.8 Å². The largest absolute Gasteiger partial charge is 0.367 e. The van der Waals surface area contributed by atoms with Gasteiger partial charge >= 0.3 is 0 Å². The van der Waals surface area contributed by atoms with Gasteiger partial charge in [0.2, 0.25) is 0 Å². The standard InChI is InChI=1S/C7H11NS2/c9-7-8-5-3-1-2-4-6(5)10-7/h5-6H,1-4H2,(H,8,9). The molecule has 2 fully saturated rings. The molecule has 1 aliphatic carbocycles. The van der Waals surface area contributed by atoms with Crippen molar-refractivity contribution < 1.29 is 0 Å². The van der Waals surface area contributed by atoms with Gasteiger partial charge in [-0.05, 0) is 12.8 Å². The Hall–Kier alpha value is 0.240. The maximum atomic E-state index is 5.09. The predicted molar refractivity (Wildman–Crippen MR) is 49.4 cm³/mol. The Morgan fingerprint density at radius 3 is 3.00 bits per heavy atom. The van der Waals surface area contributed by atoms with Crippen molar-refractivity contribution in [2.24, 2.45) is 0 Å². The smallest absolute Gasteiger partial charge is 0.134 e. The molecule has 3 heteroatoms. The van der Waals surface area contributed by atoms with Gasteiger partial charge in [0, 0.05) is 11.3 Å². The van der Waals surface area contributed by atoms with Gasteiger partial charge in [-0.3, -0.25) is 0 Å². The molecular weight excluding hydrogens is 162 g/mol. The second-order valence-corrected chi connectivity index (χ2v) is 4.90. The molecule has 1 aliphatic heterocycles. The van der Waals surface area contributed by atoms with E-state index < -0.39 is 0 Å². The lowest BCUT2D eigenvalue weighted by Crippen LogP contribution is -2.33. The summed E-state index contributed by atoms with van der Waals surface area (Å²) in [7, 11) is 0. The lowest BCUT2D eigenvalue weighted by molar-refractivity contribution is 0.436. The Kier molecular flexibility index (Phi) is 1.87. The minimum atomic E-state index is 0.714. The third-order valence-electron chi connectivity index (χ3n) is 2.26. The fraction of sp³-hybridized carbons (Fsp3) is 0.857. The van der Waals surface area contributed by atoms with Crippen LogP contribution in [0.15, 0.2) is 0 Å².